The van der Waals surface area contributed by atoms with Gasteiger partial charge in [0.25, 0.3) is 0 Å². The summed E-state index contributed by atoms with van der Waals surface area (Å²) in [6, 6.07) is 10.6. The standard InChI is InChI=1S/C14H14I/c1-2-11-8-9-13(10-14(11)15)12-6-4-3-5-7-12/h3-9H,2,10H2,1H3. The molecule has 1 aromatic carbocycles. The second-order valence-electron chi connectivity index (χ2n) is 3.69. The topological polar surface area (TPSA) is 0 Å². The van der Waals surface area contributed by atoms with E-state index in [1.54, 1.807) is 0 Å². The van der Waals surface area contributed by atoms with Gasteiger partial charge < -0.3 is 0 Å². The van der Waals surface area contributed by atoms with Crippen molar-refractivity contribution in [2.75, 3.05) is 0 Å². The van der Waals surface area contributed by atoms with Crippen molar-refractivity contribution in [1.29, 1.82) is 0 Å². The van der Waals surface area contributed by atoms with E-state index >= 15 is 0 Å². The maximum atomic E-state index is 2.47. The lowest BCUT2D eigenvalue weighted by Gasteiger charge is -2.19. The van der Waals surface area contributed by atoms with Crippen LogP contribution in [0.3, 0.4) is 0 Å². The summed E-state index contributed by atoms with van der Waals surface area (Å²) in [6.45, 7) is 2.21. The maximum Gasteiger partial charge on any atom is 0.0660 e. The van der Waals surface area contributed by atoms with Crippen molar-refractivity contribution in [3.05, 3.63) is 57.5 Å². The summed E-state index contributed by atoms with van der Waals surface area (Å²) in [5.74, 6) is 0. The molecule has 0 aliphatic heterocycles. The molecule has 0 amide bonds. The number of hydrogen-bond acceptors (Lipinski definition) is 0. The van der Waals surface area contributed by atoms with Crippen molar-refractivity contribution in [3.63, 3.8) is 0 Å². The zero-order valence-electron chi connectivity index (χ0n) is 8.83. The van der Waals surface area contributed by atoms with Crippen molar-refractivity contribution < 1.29 is 0 Å². The van der Waals surface area contributed by atoms with Crippen LogP contribution in [-0.2, 0) is 0 Å². The van der Waals surface area contributed by atoms with Crippen molar-refractivity contribution in [1.82, 2.24) is 0 Å². The summed E-state index contributed by atoms with van der Waals surface area (Å²) in [4.78, 5) is 0. The molecule has 0 heterocycles. The fraction of sp³-hybridized carbons (Fsp3) is 0.214. The van der Waals surface area contributed by atoms with Crippen LogP contribution in [-0.4, -0.2) is 0 Å². The molecule has 0 N–H and O–H groups in total. The van der Waals surface area contributed by atoms with Crippen LogP contribution in [0.15, 0.2) is 48.1 Å². The van der Waals surface area contributed by atoms with Gasteiger partial charge >= 0.3 is 0 Å². The van der Waals surface area contributed by atoms with Crippen LogP contribution in [0.1, 0.15) is 25.3 Å². The Bertz CT molecular complexity index is 387. The van der Waals surface area contributed by atoms with E-state index < -0.39 is 0 Å². The Kier molecular flexibility index (Phi) is 3.62. The van der Waals surface area contributed by atoms with Crippen LogP contribution in [0.5, 0.6) is 0 Å². The number of benzene rings is 1. The average molecular weight is 309 g/mol. The van der Waals surface area contributed by atoms with Crippen LogP contribution in [0.25, 0.3) is 5.57 Å². The first-order valence-corrected chi connectivity index (χ1v) is 6.36. The first-order chi connectivity index (χ1) is 7.31. The lowest BCUT2D eigenvalue weighted by molar-refractivity contribution is 1.05. The molecule has 1 heteroatoms. The van der Waals surface area contributed by atoms with Crippen molar-refractivity contribution in [2.45, 2.75) is 19.8 Å². The fourth-order valence-electron chi connectivity index (χ4n) is 1.79. The minimum Gasteiger partial charge on any atom is -0.0718 e. The van der Waals surface area contributed by atoms with E-state index in [-0.39, 0.29) is 0 Å². The Hall–Kier alpha value is -0.570. The normalized spacial score (nSPS) is 17.2. The second kappa shape index (κ2) is 4.97. The minimum atomic E-state index is 1.09. The SMILES string of the molecule is CCC1=CC=C(c2ccccc2)C[C]1I. The third-order valence-corrected chi connectivity index (χ3v) is 3.78. The minimum absolute atomic E-state index is 1.09. The van der Waals surface area contributed by atoms with Crippen molar-refractivity contribution in [3.8, 4) is 0 Å². The molecule has 0 spiro atoms. The van der Waals surface area contributed by atoms with Crippen LogP contribution in [0.2, 0.25) is 0 Å². The Morgan fingerprint density at radius 3 is 2.47 bits per heavy atom. The van der Waals surface area contributed by atoms with E-state index in [4.69, 9.17) is 0 Å². The molecule has 77 valence electrons. The summed E-state index contributed by atoms with van der Waals surface area (Å²) < 4.78 is 1.48. The predicted molar refractivity (Wildman–Crippen MR) is 74.7 cm³/mol. The van der Waals surface area contributed by atoms with Gasteiger partial charge in [0.1, 0.15) is 0 Å². The lowest BCUT2D eigenvalue weighted by Crippen LogP contribution is -1.99. The molecular formula is C14H14I. The van der Waals surface area contributed by atoms with E-state index in [1.807, 2.05) is 0 Å². The lowest BCUT2D eigenvalue weighted by atomic mass is 9.92. The first-order valence-electron chi connectivity index (χ1n) is 5.28. The highest BCUT2D eigenvalue weighted by Gasteiger charge is 2.16. The molecular weight excluding hydrogens is 295 g/mol. The molecule has 15 heavy (non-hydrogen) atoms. The summed E-state index contributed by atoms with van der Waals surface area (Å²) in [6.07, 6.45) is 6.74. The van der Waals surface area contributed by atoms with Gasteiger partial charge in [0.05, 0.1) is 3.92 Å². The quantitative estimate of drug-likeness (QED) is 0.690. The smallest absolute Gasteiger partial charge is 0.0660 e. The number of allylic oxidation sites excluding steroid dienone is 4. The average Bonchev–Trinajstić information content (AvgIpc) is 2.30. The molecule has 0 saturated heterocycles. The highest BCUT2D eigenvalue weighted by atomic mass is 127. The largest absolute Gasteiger partial charge is 0.0718 e. The van der Waals surface area contributed by atoms with Gasteiger partial charge in [-0.25, -0.2) is 0 Å². The van der Waals surface area contributed by atoms with Gasteiger partial charge in [-0.3, -0.25) is 0 Å². The number of hydrogen-bond donors (Lipinski definition) is 0. The molecule has 0 saturated carbocycles. The Labute approximate surface area is 105 Å². The highest BCUT2D eigenvalue weighted by molar-refractivity contribution is 14.1. The Balaban J connectivity index is 2.27. The van der Waals surface area contributed by atoms with Crippen molar-refractivity contribution in [2.24, 2.45) is 0 Å². The molecule has 1 aliphatic carbocycles. The Morgan fingerprint density at radius 2 is 1.87 bits per heavy atom. The molecule has 1 radical (unpaired) electrons. The molecule has 0 bridgehead atoms. The Morgan fingerprint density at radius 1 is 1.13 bits per heavy atom. The van der Waals surface area contributed by atoms with E-state index in [9.17, 15) is 0 Å². The van der Waals surface area contributed by atoms with Gasteiger partial charge in [-0.1, -0.05) is 77.6 Å². The summed E-state index contributed by atoms with van der Waals surface area (Å²) in [5.41, 5.74) is 4.26. The summed E-state index contributed by atoms with van der Waals surface area (Å²) >= 11 is 2.47. The van der Waals surface area contributed by atoms with Gasteiger partial charge in [-0.2, -0.15) is 0 Å². The zero-order chi connectivity index (χ0) is 10.7. The van der Waals surface area contributed by atoms with Crippen molar-refractivity contribution >= 4 is 28.2 Å². The number of halogens is 1. The second-order valence-corrected chi connectivity index (χ2v) is 4.99. The van der Waals surface area contributed by atoms with Gasteiger partial charge in [-0.05, 0) is 24.0 Å². The molecule has 1 aliphatic rings. The monoisotopic (exact) mass is 309 g/mol. The number of rotatable bonds is 2. The first kappa shape index (κ1) is 10.9. The molecule has 0 fully saturated rings. The van der Waals surface area contributed by atoms with Crippen LogP contribution >= 0.6 is 22.6 Å². The molecule has 0 aromatic heterocycles. The van der Waals surface area contributed by atoms with E-state index in [1.165, 1.54) is 20.6 Å². The summed E-state index contributed by atoms with van der Waals surface area (Å²) in [7, 11) is 0. The predicted octanol–water partition coefficient (Wildman–Crippen LogP) is 4.78. The van der Waals surface area contributed by atoms with Gasteiger partial charge in [-0.15, -0.1) is 0 Å². The molecule has 1 aromatic rings. The van der Waals surface area contributed by atoms with Crippen LogP contribution in [0, 0.1) is 3.92 Å². The highest BCUT2D eigenvalue weighted by Crippen LogP contribution is 2.38. The third-order valence-electron chi connectivity index (χ3n) is 2.71. The van der Waals surface area contributed by atoms with E-state index in [0.29, 0.717) is 0 Å². The van der Waals surface area contributed by atoms with Gasteiger partial charge in [0.2, 0.25) is 0 Å². The zero-order valence-corrected chi connectivity index (χ0v) is 11.0. The summed E-state index contributed by atoms with van der Waals surface area (Å²) in [5, 5.41) is 0. The molecule has 0 atom stereocenters. The van der Waals surface area contributed by atoms with Gasteiger partial charge in [0.15, 0.2) is 0 Å². The van der Waals surface area contributed by atoms with Crippen LogP contribution < -0.4 is 0 Å². The molecule has 0 nitrogen and oxygen atoms in total. The molecule has 2 rings (SSSR count). The maximum absolute atomic E-state index is 2.47. The van der Waals surface area contributed by atoms with Gasteiger partial charge in [0, 0.05) is 0 Å². The van der Waals surface area contributed by atoms with Crippen LogP contribution in [0.4, 0.5) is 0 Å². The third kappa shape index (κ3) is 2.51. The molecule has 0 unspecified atom stereocenters. The van der Waals surface area contributed by atoms with E-state index in [0.717, 1.165) is 12.8 Å². The fourth-order valence-corrected chi connectivity index (χ4v) is 2.76. The van der Waals surface area contributed by atoms with E-state index in [2.05, 4.69) is 72.0 Å².